The first-order valence-corrected chi connectivity index (χ1v) is 8.44. The second-order valence-electron chi connectivity index (χ2n) is 7.56. The van der Waals surface area contributed by atoms with E-state index in [1.54, 1.807) is 6.07 Å². The van der Waals surface area contributed by atoms with E-state index in [4.69, 9.17) is 5.73 Å². The van der Waals surface area contributed by atoms with Gasteiger partial charge in [0.25, 0.3) is 5.91 Å². The van der Waals surface area contributed by atoms with E-state index in [1.807, 2.05) is 6.07 Å². The van der Waals surface area contributed by atoms with Gasteiger partial charge in [-0.3, -0.25) is 4.79 Å². The van der Waals surface area contributed by atoms with Crippen LogP contribution in [0, 0.1) is 5.92 Å². The number of amides is 1. The van der Waals surface area contributed by atoms with Crippen LogP contribution in [0.5, 0.6) is 5.75 Å². The Hall–Kier alpha value is -1.59. The highest BCUT2D eigenvalue weighted by atomic mass is 16.3. The fourth-order valence-corrected chi connectivity index (χ4v) is 5.63. The molecule has 2 saturated carbocycles. The molecule has 4 atom stereocenters. The summed E-state index contributed by atoms with van der Waals surface area (Å²) in [4.78, 5) is 11.6. The third-order valence-corrected chi connectivity index (χ3v) is 6.58. The Bertz CT molecular complexity index is 688. The van der Waals surface area contributed by atoms with Crippen molar-refractivity contribution in [2.75, 3.05) is 0 Å². The molecule has 0 heterocycles. The molecule has 1 amide bonds. The van der Waals surface area contributed by atoms with E-state index < -0.39 is 23.0 Å². The van der Waals surface area contributed by atoms with Crippen molar-refractivity contribution < 1.29 is 20.1 Å². The average Bonchev–Trinajstić information content (AvgIpc) is 2.47. The molecule has 0 aliphatic heterocycles. The highest BCUT2D eigenvalue weighted by molar-refractivity contribution is 5.96. The van der Waals surface area contributed by atoms with E-state index in [1.165, 1.54) is 0 Å². The average molecular weight is 317 g/mol. The number of rotatable bonds is 1. The lowest BCUT2D eigenvalue weighted by Crippen LogP contribution is -2.65. The SMILES string of the molecule is NC(=O)c1ccc2c(c1O)[C@]13CCC[C@H](C2)[C@]1(O)CC[C@@H](O)C3. The smallest absolute Gasteiger partial charge is 0.252 e. The molecule has 5 N–H and O–H groups in total. The van der Waals surface area contributed by atoms with Crippen LogP contribution in [0.1, 0.15) is 60.0 Å². The molecule has 3 aliphatic carbocycles. The molecule has 23 heavy (non-hydrogen) atoms. The minimum absolute atomic E-state index is 0.0946. The van der Waals surface area contributed by atoms with Gasteiger partial charge in [0, 0.05) is 11.0 Å². The van der Waals surface area contributed by atoms with Gasteiger partial charge in [0.2, 0.25) is 0 Å². The largest absolute Gasteiger partial charge is 0.507 e. The molecular weight excluding hydrogens is 294 g/mol. The first-order chi connectivity index (χ1) is 10.9. The summed E-state index contributed by atoms with van der Waals surface area (Å²) in [6, 6.07) is 3.43. The van der Waals surface area contributed by atoms with Crippen molar-refractivity contribution >= 4 is 5.91 Å². The van der Waals surface area contributed by atoms with Crippen molar-refractivity contribution in [2.45, 2.75) is 62.1 Å². The van der Waals surface area contributed by atoms with Gasteiger partial charge in [0.1, 0.15) is 5.75 Å². The molecule has 0 unspecified atom stereocenters. The van der Waals surface area contributed by atoms with Gasteiger partial charge in [-0.05, 0) is 56.1 Å². The second kappa shape index (κ2) is 4.71. The summed E-state index contributed by atoms with van der Waals surface area (Å²) in [5, 5.41) is 32.6. The van der Waals surface area contributed by atoms with Crippen molar-refractivity contribution in [3.05, 3.63) is 28.8 Å². The lowest BCUT2D eigenvalue weighted by atomic mass is 9.45. The number of hydrogen-bond donors (Lipinski definition) is 4. The van der Waals surface area contributed by atoms with Crippen LogP contribution in [0.3, 0.4) is 0 Å². The van der Waals surface area contributed by atoms with Crippen LogP contribution in [0.2, 0.25) is 0 Å². The van der Waals surface area contributed by atoms with Gasteiger partial charge in [0.05, 0.1) is 17.3 Å². The fraction of sp³-hybridized carbons (Fsp3) is 0.611. The Kier molecular flexibility index (Phi) is 3.06. The van der Waals surface area contributed by atoms with E-state index in [9.17, 15) is 20.1 Å². The molecule has 0 aromatic heterocycles. The highest BCUT2D eigenvalue weighted by Gasteiger charge is 2.63. The lowest BCUT2D eigenvalue weighted by molar-refractivity contribution is -0.165. The van der Waals surface area contributed by atoms with Crippen molar-refractivity contribution in [3.63, 3.8) is 0 Å². The Balaban J connectivity index is 2.00. The van der Waals surface area contributed by atoms with Gasteiger partial charge < -0.3 is 21.1 Å². The first kappa shape index (κ1) is 15.0. The molecule has 5 heteroatoms. The van der Waals surface area contributed by atoms with Gasteiger partial charge in [-0.1, -0.05) is 12.5 Å². The monoisotopic (exact) mass is 317 g/mol. The maximum absolute atomic E-state index is 11.6. The number of benzene rings is 1. The first-order valence-electron chi connectivity index (χ1n) is 8.44. The normalized spacial score (nSPS) is 38.5. The summed E-state index contributed by atoms with van der Waals surface area (Å²) in [5.41, 5.74) is 5.55. The summed E-state index contributed by atoms with van der Waals surface area (Å²) in [6.45, 7) is 0. The van der Waals surface area contributed by atoms with Gasteiger partial charge in [0.15, 0.2) is 0 Å². The van der Waals surface area contributed by atoms with Gasteiger partial charge in [-0.15, -0.1) is 0 Å². The molecule has 0 radical (unpaired) electrons. The summed E-state index contributed by atoms with van der Waals surface area (Å²) in [6.07, 6.45) is 4.42. The maximum Gasteiger partial charge on any atom is 0.252 e. The molecule has 4 rings (SSSR count). The summed E-state index contributed by atoms with van der Waals surface area (Å²) < 4.78 is 0. The number of aliphatic hydroxyl groups is 2. The zero-order chi connectivity index (χ0) is 16.4. The van der Waals surface area contributed by atoms with Crippen molar-refractivity contribution in [1.29, 1.82) is 0 Å². The van der Waals surface area contributed by atoms with Crippen molar-refractivity contribution in [3.8, 4) is 5.75 Å². The quantitative estimate of drug-likeness (QED) is 0.628. The van der Waals surface area contributed by atoms with E-state index in [0.717, 1.165) is 24.8 Å². The number of nitrogens with two attached hydrogens (primary N) is 1. The second-order valence-corrected chi connectivity index (χ2v) is 7.56. The highest BCUT2D eigenvalue weighted by Crippen LogP contribution is 2.62. The molecule has 1 aromatic rings. The number of fused-ring (bicyclic) bond motifs is 1. The number of phenols is 1. The number of carbonyl (C=O) groups is 1. The molecule has 0 saturated heterocycles. The molecule has 2 bridgehead atoms. The van der Waals surface area contributed by atoms with Crippen LogP contribution in [0.4, 0.5) is 0 Å². The number of primary amides is 1. The third kappa shape index (κ3) is 1.78. The van der Waals surface area contributed by atoms with Crippen molar-refractivity contribution in [1.82, 2.24) is 0 Å². The molecule has 5 nitrogen and oxygen atoms in total. The predicted molar refractivity (Wildman–Crippen MR) is 84.2 cm³/mol. The molecular formula is C18H23NO4. The van der Waals surface area contributed by atoms with Gasteiger partial charge in [-0.25, -0.2) is 0 Å². The zero-order valence-corrected chi connectivity index (χ0v) is 13.1. The fourth-order valence-electron chi connectivity index (χ4n) is 5.63. The molecule has 3 aliphatic rings. The summed E-state index contributed by atoms with van der Waals surface area (Å²) in [5.74, 6) is -0.613. The molecule has 124 valence electrons. The minimum Gasteiger partial charge on any atom is -0.507 e. The van der Waals surface area contributed by atoms with Crippen molar-refractivity contribution in [2.24, 2.45) is 11.7 Å². The molecule has 0 spiro atoms. The Morgan fingerprint density at radius 2 is 2.04 bits per heavy atom. The van der Waals surface area contributed by atoms with Gasteiger partial charge in [-0.2, -0.15) is 0 Å². The third-order valence-electron chi connectivity index (χ3n) is 6.58. The van der Waals surface area contributed by atoms with E-state index in [2.05, 4.69) is 0 Å². The van der Waals surface area contributed by atoms with E-state index >= 15 is 0 Å². The number of carbonyl (C=O) groups excluding carboxylic acids is 1. The Labute approximate surface area is 135 Å². The van der Waals surface area contributed by atoms with Crippen LogP contribution in [0.25, 0.3) is 0 Å². The number of aromatic hydroxyl groups is 1. The zero-order valence-electron chi connectivity index (χ0n) is 13.1. The maximum atomic E-state index is 11.6. The summed E-state index contributed by atoms with van der Waals surface area (Å²) in [7, 11) is 0. The van der Waals surface area contributed by atoms with Crippen LogP contribution < -0.4 is 5.73 Å². The lowest BCUT2D eigenvalue weighted by Gasteiger charge is -2.61. The van der Waals surface area contributed by atoms with Gasteiger partial charge >= 0.3 is 0 Å². The van der Waals surface area contributed by atoms with Crippen LogP contribution in [-0.2, 0) is 11.8 Å². The number of aliphatic hydroxyl groups excluding tert-OH is 1. The predicted octanol–water partition coefficient (Wildman–Crippen LogP) is 1.36. The van der Waals surface area contributed by atoms with E-state index in [-0.39, 0.29) is 17.2 Å². The van der Waals surface area contributed by atoms with Crippen LogP contribution in [0.15, 0.2) is 12.1 Å². The topological polar surface area (TPSA) is 104 Å². The Morgan fingerprint density at radius 3 is 2.78 bits per heavy atom. The molecule has 2 fully saturated rings. The van der Waals surface area contributed by atoms with E-state index in [0.29, 0.717) is 31.2 Å². The standard InChI is InChI=1S/C18H23NO4/c19-16(22)13-4-3-10-8-11-2-1-6-17(14(10)15(13)21)9-12(20)5-7-18(11,17)23/h3-4,11-12,20-21,23H,1-2,5-9H2,(H2,19,22)/t11-,12-,17-,18-/m1/s1. The Morgan fingerprint density at radius 1 is 1.26 bits per heavy atom. The summed E-state index contributed by atoms with van der Waals surface area (Å²) >= 11 is 0. The minimum atomic E-state index is -0.911. The van der Waals surface area contributed by atoms with Crippen LogP contribution >= 0.6 is 0 Å². The van der Waals surface area contributed by atoms with Crippen LogP contribution in [-0.4, -0.2) is 32.9 Å². The number of hydrogen-bond acceptors (Lipinski definition) is 4. The molecule has 1 aromatic carbocycles.